The van der Waals surface area contributed by atoms with Gasteiger partial charge in [0, 0.05) is 16.1 Å². The molecular formula is C15H15BrF2N2O. The molecule has 2 rings (SSSR count). The number of hydrogen-bond acceptors (Lipinski definition) is 3. The van der Waals surface area contributed by atoms with Gasteiger partial charge in [0.25, 0.3) is 0 Å². The summed E-state index contributed by atoms with van der Waals surface area (Å²) >= 11 is 3.36. The summed E-state index contributed by atoms with van der Waals surface area (Å²) in [5, 5.41) is 0. The first kappa shape index (κ1) is 15.9. The molecule has 0 aliphatic heterocycles. The van der Waals surface area contributed by atoms with E-state index in [1.54, 1.807) is 13.2 Å². The highest BCUT2D eigenvalue weighted by Crippen LogP contribution is 2.30. The molecule has 1 atom stereocenters. The van der Waals surface area contributed by atoms with Gasteiger partial charge in [-0.1, -0.05) is 28.1 Å². The molecule has 0 aliphatic rings. The summed E-state index contributed by atoms with van der Waals surface area (Å²) in [4.78, 5) is 0. The van der Waals surface area contributed by atoms with Crippen molar-refractivity contribution in [2.75, 3.05) is 7.11 Å². The molecule has 21 heavy (non-hydrogen) atoms. The lowest BCUT2D eigenvalue weighted by Gasteiger charge is -2.19. The Bertz CT molecular complexity index is 637. The fourth-order valence-corrected chi connectivity index (χ4v) is 2.48. The molecule has 2 aromatic carbocycles. The molecule has 0 saturated heterocycles. The predicted molar refractivity (Wildman–Crippen MR) is 80.8 cm³/mol. The Morgan fingerprint density at radius 2 is 2.00 bits per heavy atom. The van der Waals surface area contributed by atoms with Crippen molar-refractivity contribution in [2.24, 2.45) is 5.84 Å². The highest BCUT2D eigenvalue weighted by Gasteiger charge is 2.17. The van der Waals surface area contributed by atoms with Crippen molar-refractivity contribution in [3.63, 3.8) is 0 Å². The standard InChI is InChI=1S/C15H15BrF2N2O/c1-21-15-7-10(16)3-5-12(15)14(20-19)6-9-2-4-11(17)8-13(9)18/h2-5,7-8,14,20H,6,19H2,1H3. The normalized spacial score (nSPS) is 12.2. The van der Waals surface area contributed by atoms with E-state index in [2.05, 4.69) is 21.4 Å². The third-order valence-electron chi connectivity index (χ3n) is 3.21. The van der Waals surface area contributed by atoms with Gasteiger partial charge in [-0.2, -0.15) is 0 Å². The summed E-state index contributed by atoms with van der Waals surface area (Å²) in [6.07, 6.45) is 0.278. The Kier molecular flexibility index (Phi) is 5.27. The molecular weight excluding hydrogens is 342 g/mol. The van der Waals surface area contributed by atoms with Crippen molar-refractivity contribution in [1.29, 1.82) is 0 Å². The number of rotatable bonds is 5. The Balaban J connectivity index is 2.32. The van der Waals surface area contributed by atoms with Crippen molar-refractivity contribution in [1.82, 2.24) is 5.43 Å². The molecule has 0 fully saturated rings. The van der Waals surface area contributed by atoms with Crippen molar-refractivity contribution in [3.05, 3.63) is 63.6 Å². The molecule has 2 aromatic rings. The number of nitrogens with one attached hydrogen (secondary N) is 1. The van der Waals surface area contributed by atoms with Crippen LogP contribution in [0.5, 0.6) is 5.75 Å². The van der Waals surface area contributed by atoms with Crippen LogP contribution in [0.25, 0.3) is 0 Å². The number of ether oxygens (including phenoxy) is 1. The minimum absolute atomic E-state index is 0.278. The van der Waals surface area contributed by atoms with Crippen molar-refractivity contribution >= 4 is 15.9 Å². The highest BCUT2D eigenvalue weighted by atomic mass is 79.9. The van der Waals surface area contributed by atoms with Gasteiger partial charge in [0.05, 0.1) is 13.2 Å². The molecule has 112 valence electrons. The smallest absolute Gasteiger partial charge is 0.129 e. The van der Waals surface area contributed by atoms with Crippen molar-refractivity contribution in [3.8, 4) is 5.75 Å². The van der Waals surface area contributed by atoms with E-state index in [1.807, 2.05) is 12.1 Å². The molecule has 0 aliphatic carbocycles. The predicted octanol–water partition coefficient (Wildman–Crippen LogP) is 3.48. The monoisotopic (exact) mass is 356 g/mol. The molecule has 6 heteroatoms. The summed E-state index contributed by atoms with van der Waals surface area (Å²) in [6, 6.07) is 8.65. The molecule has 3 N–H and O–H groups in total. The van der Waals surface area contributed by atoms with Crippen LogP contribution >= 0.6 is 15.9 Å². The average Bonchev–Trinajstić information content (AvgIpc) is 2.47. The molecule has 1 unspecified atom stereocenters. The zero-order valence-corrected chi connectivity index (χ0v) is 13.0. The molecule has 0 radical (unpaired) electrons. The SMILES string of the molecule is COc1cc(Br)ccc1C(Cc1ccc(F)cc1F)NN. The molecule has 3 nitrogen and oxygen atoms in total. The van der Waals surface area contributed by atoms with Crippen molar-refractivity contribution in [2.45, 2.75) is 12.5 Å². The van der Waals surface area contributed by atoms with Crippen molar-refractivity contribution < 1.29 is 13.5 Å². The number of benzene rings is 2. The molecule has 0 heterocycles. The average molecular weight is 357 g/mol. The maximum Gasteiger partial charge on any atom is 0.129 e. The Morgan fingerprint density at radius 1 is 1.24 bits per heavy atom. The van der Waals surface area contributed by atoms with E-state index in [0.29, 0.717) is 11.3 Å². The minimum atomic E-state index is -0.602. The second kappa shape index (κ2) is 6.98. The summed E-state index contributed by atoms with van der Waals surface area (Å²) in [7, 11) is 1.55. The molecule has 0 bridgehead atoms. The first-order chi connectivity index (χ1) is 10.0. The van der Waals surface area contributed by atoms with Gasteiger partial charge in [-0.3, -0.25) is 11.3 Å². The van der Waals surface area contributed by atoms with E-state index in [-0.39, 0.29) is 12.5 Å². The largest absolute Gasteiger partial charge is 0.496 e. The van der Waals surface area contributed by atoms with Crippen LogP contribution in [0.4, 0.5) is 8.78 Å². The molecule has 0 amide bonds. The summed E-state index contributed by atoms with van der Waals surface area (Å²) in [6.45, 7) is 0. The fourth-order valence-electron chi connectivity index (χ4n) is 2.14. The molecule has 0 aromatic heterocycles. The highest BCUT2D eigenvalue weighted by molar-refractivity contribution is 9.10. The zero-order chi connectivity index (χ0) is 15.4. The number of nitrogens with two attached hydrogens (primary N) is 1. The number of hydrazine groups is 1. The lowest BCUT2D eigenvalue weighted by Crippen LogP contribution is -2.30. The van der Waals surface area contributed by atoms with E-state index < -0.39 is 11.6 Å². The van der Waals surface area contributed by atoms with Crippen LogP contribution in [0.3, 0.4) is 0 Å². The van der Waals surface area contributed by atoms with Crippen LogP contribution in [-0.2, 0) is 6.42 Å². The third kappa shape index (κ3) is 3.78. The van der Waals surface area contributed by atoms with Gasteiger partial charge in [-0.05, 0) is 30.2 Å². The summed E-state index contributed by atoms with van der Waals surface area (Å²) in [5.41, 5.74) is 3.82. The van der Waals surface area contributed by atoms with Crippen LogP contribution in [-0.4, -0.2) is 7.11 Å². The van der Waals surface area contributed by atoms with Crippen LogP contribution in [0.15, 0.2) is 40.9 Å². The number of halogens is 3. The maximum atomic E-state index is 13.8. The van der Waals surface area contributed by atoms with Gasteiger partial charge in [-0.15, -0.1) is 0 Å². The first-order valence-electron chi connectivity index (χ1n) is 6.28. The van der Waals surface area contributed by atoms with Gasteiger partial charge in [0.15, 0.2) is 0 Å². The van der Waals surface area contributed by atoms with E-state index >= 15 is 0 Å². The summed E-state index contributed by atoms with van der Waals surface area (Å²) < 4.78 is 32.9. The molecule has 0 spiro atoms. The summed E-state index contributed by atoms with van der Waals surface area (Å²) in [5.74, 6) is 5.02. The van der Waals surface area contributed by atoms with Crippen LogP contribution in [0.1, 0.15) is 17.2 Å². The maximum absolute atomic E-state index is 13.8. The fraction of sp³-hybridized carbons (Fsp3) is 0.200. The second-order valence-corrected chi connectivity index (χ2v) is 5.46. The van der Waals surface area contributed by atoms with E-state index in [9.17, 15) is 8.78 Å². The van der Waals surface area contributed by atoms with E-state index in [1.165, 1.54) is 12.1 Å². The molecule has 0 saturated carbocycles. The van der Waals surface area contributed by atoms with Gasteiger partial charge in [0.1, 0.15) is 17.4 Å². The first-order valence-corrected chi connectivity index (χ1v) is 7.08. The zero-order valence-electron chi connectivity index (χ0n) is 11.4. The van der Waals surface area contributed by atoms with E-state index in [0.717, 1.165) is 16.1 Å². The van der Waals surface area contributed by atoms with E-state index in [4.69, 9.17) is 10.6 Å². The second-order valence-electron chi connectivity index (χ2n) is 4.55. The van der Waals surface area contributed by atoms with Gasteiger partial charge in [-0.25, -0.2) is 8.78 Å². The quantitative estimate of drug-likeness (QED) is 0.636. The number of methoxy groups -OCH3 is 1. The lowest BCUT2D eigenvalue weighted by molar-refractivity contribution is 0.398. The third-order valence-corrected chi connectivity index (χ3v) is 3.70. The van der Waals surface area contributed by atoms with Gasteiger partial charge >= 0.3 is 0 Å². The number of hydrogen-bond donors (Lipinski definition) is 2. The van der Waals surface area contributed by atoms with Crippen LogP contribution < -0.4 is 16.0 Å². The Labute approximate surface area is 130 Å². The lowest BCUT2D eigenvalue weighted by atomic mass is 9.98. The minimum Gasteiger partial charge on any atom is -0.496 e. The van der Waals surface area contributed by atoms with Gasteiger partial charge in [0.2, 0.25) is 0 Å². The Hall–Kier alpha value is -1.50. The van der Waals surface area contributed by atoms with Crippen LogP contribution in [0.2, 0.25) is 0 Å². The topological polar surface area (TPSA) is 47.3 Å². The van der Waals surface area contributed by atoms with Crippen LogP contribution in [0, 0.1) is 11.6 Å². The Morgan fingerprint density at radius 3 is 2.62 bits per heavy atom. The van der Waals surface area contributed by atoms with Gasteiger partial charge < -0.3 is 4.74 Å².